The van der Waals surface area contributed by atoms with Gasteiger partial charge in [0.25, 0.3) is 0 Å². The molecule has 0 spiro atoms. The van der Waals surface area contributed by atoms with Crippen LogP contribution in [0.25, 0.3) is 10.9 Å². The van der Waals surface area contributed by atoms with Crippen LogP contribution in [0, 0.1) is 5.92 Å². The van der Waals surface area contributed by atoms with Crippen LogP contribution in [0.3, 0.4) is 0 Å². The Morgan fingerprint density at radius 3 is 2.52 bits per heavy atom. The number of hydrogen-bond donors (Lipinski definition) is 2. The van der Waals surface area contributed by atoms with Gasteiger partial charge in [0, 0.05) is 16.8 Å². The van der Waals surface area contributed by atoms with E-state index in [4.69, 9.17) is 34.8 Å². The Balaban J connectivity index is 2.23. The summed E-state index contributed by atoms with van der Waals surface area (Å²) in [6.45, 7) is 3.85. The Morgan fingerprint density at radius 1 is 1.11 bits per heavy atom. The van der Waals surface area contributed by atoms with Gasteiger partial charge in [-0.2, -0.15) is 0 Å². The summed E-state index contributed by atoms with van der Waals surface area (Å²) >= 11 is 18.4. The van der Waals surface area contributed by atoms with E-state index in [9.17, 15) is 9.59 Å². The standard InChI is InChI=1S/C20H17Cl3N2O2/c1-10(2)8-16(26)17-19(27)12-4-3-5-13(22)18(12)25-20(17)24-15-7-6-11(21)9-14(15)23/h3-7,9-10H,8H2,1-2H3,(H2,24,25,27). The van der Waals surface area contributed by atoms with Crippen molar-refractivity contribution in [2.45, 2.75) is 20.3 Å². The van der Waals surface area contributed by atoms with Gasteiger partial charge in [-0.05, 0) is 36.2 Å². The molecule has 27 heavy (non-hydrogen) atoms. The van der Waals surface area contributed by atoms with Crippen molar-refractivity contribution in [3.05, 3.63) is 67.3 Å². The Labute approximate surface area is 171 Å². The minimum Gasteiger partial charge on any atom is -0.340 e. The predicted octanol–water partition coefficient (Wildman–Crippen LogP) is 6.46. The summed E-state index contributed by atoms with van der Waals surface area (Å²) in [7, 11) is 0. The second-order valence-corrected chi connectivity index (χ2v) is 7.89. The summed E-state index contributed by atoms with van der Waals surface area (Å²) in [5.74, 6) is 0.120. The van der Waals surface area contributed by atoms with E-state index >= 15 is 0 Å². The molecule has 0 aliphatic carbocycles. The molecule has 4 nitrogen and oxygen atoms in total. The molecule has 0 fully saturated rings. The summed E-state index contributed by atoms with van der Waals surface area (Å²) in [5, 5.41) is 4.66. The van der Waals surface area contributed by atoms with Gasteiger partial charge in [0.2, 0.25) is 5.43 Å². The second-order valence-electron chi connectivity index (χ2n) is 6.64. The normalized spacial score (nSPS) is 11.2. The Hall–Kier alpha value is -2.01. The molecule has 0 radical (unpaired) electrons. The molecular formula is C20H17Cl3N2O2. The number of carbonyl (C=O) groups is 1. The summed E-state index contributed by atoms with van der Waals surface area (Å²) in [4.78, 5) is 29.0. The Bertz CT molecular complexity index is 1090. The van der Waals surface area contributed by atoms with E-state index in [1.807, 2.05) is 13.8 Å². The van der Waals surface area contributed by atoms with Crippen LogP contribution in [-0.4, -0.2) is 10.8 Å². The summed E-state index contributed by atoms with van der Waals surface area (Å²) in [5.41, 5.74) is 0.661. The Morgan fingerprint density at radius 2 is 1.85 bits per heavy atom. The van der Waals surface area contributed by atoms with Crippen LogP contribution >= 0.6 is 34.8 Å². The van der Waals surface area contributed by atoms with Gasteiger partial charge in [-0.1, -0.05) is 54.7 Å². The molecule has 3 aromatic rings. The highest BCUT2D eigenvalue weighted by Gasteiger charge is 2.21. The van der Waals surface area contributed by atoms with Crippen molar-refractivity contribution in [2.75, 3.05) is 5.32 Å². The minimum absolute atomic E-state index is 0.0597. The molecule has 0 aliphatic heterocycles. The lowest BCUT2D eigenvalue weighted by Gasteiger charge is -2.15. The number of anilines is 2. The summed E-state index contributed by atoms with van der Waals surface area (Å²) < 4.78 is 0. The zero-order chi connectivity index (χ0) is 19.7. The number of Topliss-reactive ketones (excluding diaryl/α,β-unsaturated/α-hetero) is 1. The van der Waals surface area contributed by atoms with Gasteiger partial charge < -0.3 is 10.3 Å². The molecule has 0 bridgehead atoms. The van der Waals surface area contributed by atoms with E-state index in [0.29, 0.717) is 31.7 Å². The average molecular weight is 424 g/mol. The number of benzene rings is 2. The van der Waals surface area contributed by atoms with Gasteiger partial charge in [0.15, 0.2) is 5.78 Å². The third-order valence-corrected chi connectivity index (χ3v) is 4.91. The maximum absolute atomic E-state index is 13.1. The van der Waals surface area contributed by atoms with Crippen LogP contribution in [0.15, 0.2) is 41.2 Å². The predicted molar refractivity (Wildman–Crippen MR) is 113 cm³/mol. The lowest BCUT2D eigenvalue weighted by atomic mass is 9.99. The fourth-order valence-corrected chi connectivity index (χ4v) is 3.51. The molecule has 0 saturated heterocycles. The van der Waals surface area contributed by atoms with Crippen molar-refractivity contribution in [3.8, 4) is 0 Å². The van der Waals surface area contributed by atoms with Crippen LogP contribution in [0.2, 0.25) is 15.1 Å². The smallest absolute Gasteiger partial charge is 0.202 e. The summed E-state index contributed by atoms with van der Waals surface area (Å²) in [6, 6.07) is 9.92. The molecule has 2 aromatic carbocycles. The highest BCUT2D eigenvalue weighted by Crippen LogP contribution is 2.30. The van der Waals surface area contributed by atoms with Gasteiger partial charge in [0.1, 0.15) is 11.4 Å². The van der Waals surface area contributed by atoms with Gasteiger partial charge >= 0.3 is 0 Å². The Kier molecular flexibility index (Phi) is 5.80. The number of para-hydroxylation sites is 1. The number of aromatic nitrogens is 1. The molecule has 7 heteroatoms. The lowest BCUT2D eigenvalue weighted by molar-refractivity contribution is 0.0967. The topological polar surface area (TPSA) is 62.0 Å². The van der Waals surface area contributed by atoms with Crippen molar-refractivity contribution in [2.24, 2.45) is 5.92 Å². The van der Waals surface area contributed by atoms with Crippen LogP contribution < -0.4 is 10.7 Å². The van der Waals surface area contributed by atoms with Gasteiger partial charge in [0.05, 0.1) is 21.2 Å². The largest absolute Gasteiger partial charge is 0.340 e. The number of halogens is 3. The number of pyridine rings is 1. The quantitative estimate of drug-likeness (QED) is 0.463. The lowest BCUT2D eigenvalue weighted by Crippen LogP contribution is -2.20. The number of ketones is 1. The highest BCUT2D eigenvalue weighted by atomic mass is 35.5. The number of rotatable bonds is 5. The van der Waals surface area contributed by atoms with Crippen molar-refractivity contribution < 1.29 is 4.79 Å². The van der Waals surface area contributed by atoms with Crippen molar-refractivity contribution in [1.82, 2.24) is 4.98 Å². The molecule has 0 amide bonds. The van der Waals surface area contributed by atoms with E-state index in [-0.39, 0.29) is 34.9 Å². The molecule has 140 valence electrons. The summed E-state index contributed by atoms with van der Waals surface area (Å²) in [6.07, 6.45) is 0.248. The minimum atomic E-state index is -0.371. The highest BCUT2D eigenvalue weighted by molar-refractivity contribution is 6.36. The van der Waals surface area contributed by atoms with Crippen molar-refractivity contribution >= 4 is 63.0 Å². The van der Waals surface area contributed by atoms with E-state index < -0.39 is 0 Å². The zero-order valence-electron chi connectivity index (χ0n) is 14.7. The van der Waals surface area contributed by atoms with Gasteiger partial charge in [-0.15, -0.1) is 0 Å². The van der Waals surface area contributed by atoms with Crippen LogP contribution in [0.1, 0.15) is 30.6 Å². The van der Waals surface area contributed by atoms with Gasteiger partial charge in [-0.3, -0.25) is 9.59 Å². The van der Waals surface area contributed by atoms with E-state index in [1.165, 1.54) is 0 Å². The molecule has 0 aliphatic rings. The molecule has 2 N–H and O–H groups in total. The maximum atomic E-state index is 13.1. The van der Waals surface area contributed by atoms with Crippen LogP contribution in [0.4, 0.5) is 11.5 Å². The zero-order valence-corrected chi connectivity index (χ0v) is 17.0. The molecule has 1 heterocycles. The van der Waals surface area contributed by atoms with Gasteiger partial charge in [-0.25, -0.2) is 0 Å². The van der Waals surface area contributed by atoms with Crippen LogP contribution in [-0.2, 0) is 0 Å². The molecule has 0 unspecified atom stereocenters. The fraction of sp³-hybridized carbons (Fsp3) is 0.200. The SMILES string of the molecule is CC(C)CC(=O)c1c(Nc2ccc(Cl)cc2Cl)[nH]c2c(Cl)cccc2c1=O. The monoisotopic (exact) mass is 422 g/mol. The second kappa shape index (κ2) is 7.93. The number of hydrogen-bond acceptors (Lipinski definition) is 3. The number of fused-ring (bicyclic) bond motifs is 1. The molecule has 3 rings (SSSR count). The van der Waals surface area contributed by atoms with E-state index in [0.717, 1.165) is 0 Å². The number of nitrogens with one attached hydrogen (secondary N) is 2. The van der Waals surface area contributed by atoms with Crippen molar-refractivity contribution in [3.63, 3.8) is 0 Å². The van der Waals surface area contributed by atoms with Crippen molar-refractivity contribution in [1.29, 1.82) is 0 Å². The van der Waals surface area contributed by atoms with E-state index in [1.54, 1.807) is 36.4 Å². The maximum Gasteiger partial charge on any atom is 0.202 e. The molecular weight excluding hydrogens is 407 g/mol. The molecule has 1 aromatic heterocycles. The molecule has 0 saturated carbocycles. The average Bonchev–Trinajstić information content (AvgIpc) is 2.58. The third kappa shape index (κ3) is 4.13. The van der Waals surface area contributed by atoms with Crippen LogP contribution in [0.5, 0.6) is 0 Å². The fourth-order valence-electron chi connectivity index (χ4n) is 2.83. The number of carbonyl (C=O) groups excluding carboxylic acids is 1. The molecule has 0 atom stereocenters. The van der Waals surface area contributed by atoms with E-state index in [2.05, 4.69) is 10.3 Å². The first-order valence-electron chi connectivity index (χ1n) is 8.37. The third-order valence-electron chi connectivity index (χ3n) is 4.05. The number of aromatic amines is 1. The first kappa shape index (κ1) is 19.7. The first-order chi connectivity index (χ1) is 12.8. The number of H-pyrrole nitrogens is 1. The first-order valence-corrected chi connectivity index (χ1v) is 9.51.